The smallest absolute Gasteiger partial charge is 0.472 e. The van der Waals surface area contributed by atoms with Gasteiger partial charge in [-0.25, -0.2) is 0 Å². The second kappa shape index (κ2) is 2.77. The molecule has 0 aliphatic heterocycles. The van der Waals surface area contributed by atoms with E-state index in [4.69, 9.17) is 15.8 Å². The fourth-order valence-corrected chi connectivity index (χ4v) is 0.617. The maximum atomic E-state index is 10.4. The molecule has 4 N–H and O–H groups in total. The summed E-state index contributed by atoms with van der Waals surface area (Å²) < 4.78 is 4.59. The number of furan rings is 1. The Bertz CT molecular complexity index is 269. The van der Waals surface area contributed by atoms with Gasteiger partial charge in [0.1, 0.15) is 11.9 Å². The topological polar surface area (TPSA) is 96.7 Å². The number of hydrogen-bond acceptors (Lipinski definition) is 4. The van der Waals surface area contributed by atoms with Gasteiger partial charge in [-0.2, -0.15) is 0 Å². The van der Waals surface area contributed by atoms with E-state index >= 15 is 0 Å². The molecule has 0 saturated heterocycles. The first-order valence-corrected chi connectivity index (χ1v) is 2.85. The average molecular weight is 155 g/mol. The van der Waals surface area contributed by atoms with Crippen LogP contribution in [0.5, 0.6) is 0 Å². The molecule has 1 rings (SSSR count). The standard InChI is InChI=1S/C5H6BNO4/c7-5(8)3-1-4(6(9)10)11-2-3/h1-2,9-10H,(H2,7,8). The molecule has 0 aliphatic carbocycles. The van der Waals surface area contributed by atoms with Crippen LogP contribution >= 0.6 is 0 Å². The van der Waals surface area contributed by atoms with Gasteiger partial charge in [0.25, 0.3) is 5.91 Å². The molecule has 58 valence electrons. The molecule has 1 amide bonds. The summed E-state index contributed by atoms with van der Waals surface area (Å²) in [5.41, 5.74) is 4.89. The molecule has 1 aromatic rings. The van der Waals surface area contributed by atoms with Crippen LogP contribution in [0.15, 0.2) is 16.7 Å². The van der Waals surface area contributed by atoms with Gasteiger partial charge in [-0.05, 0) is 6.07 Å². The van der Waals surface area contributed by atoms with Crippen molar-refractivity contribution < 1.29 is 19.3 Å². The van der Waals surface area contributed by atoms with Crippen LogP contribution in [0.3, 0.4) is 0 Å². The third-order valence-corrected chi connectivity index (χ3v) is 1.16. The number of amides is 1. The minimum atomic E-state index is -1.71. The molecule has 6 heteroatoms. The van der Waals surface area contributed by atoms with Gasteiger partial charge in [0.2, 0.25) is 0 Å². The molecule has 5 nitrogen and oxygen atoms in total. The summed E-state index contributed by atoms with van der Waals surface area (Å²) in [6, 6.07) is 1.17. The van der Waals surface area contributed by atoms with Gasteiger partial charge in [0, 0.05) is 0 Å². The fourth-order valence-electron chi connectivity index (χ4n) is 0.617. The molecule has 0 radical (unpaired) electrons. The first kappa shape index (κ1) is 7.84. The van der Waals surface area contributed by atoms with E-state index in [1.165, 1.54) is 6.07 Å². The number of nitrogens with two attached hydrogens (primary N) is 1. The third kappa shape index (κ3) is 1.60. The Labute approximate surface area is 62.6 Å². The second-order valence-corrected chi connectivity index (χ2v) is 1.98. The lowest BCUT2D eigenvalue weighted by Crippen LogP contribution is -2.28. The molecule has 0 aromatic carbocycles. The van der Waals surface area contributed by atoms with Crippen molar-refractivity contribution in [3.8, 4) is 0 Å². The minimum Gasteiger partial charge on any atom is -0.472 e. The van der Waals surface area contributed by atoms with Crippen molar-refractivity contribution in [3.05, 3.63) is 17.9 Å². The molecule has 0 atom stereocenters. The Hall–Kier alpha value is -1.27. The zero-order valence-electron chi connectivity index (χ0n) is 5.52. The highest BCUT2D eigenvalue weighted by atomic mass is 16.4. The van der Waals surface area contributed by atoms with Crippen LogP contribution < -0.4 is 11.4 Å². The lowest BCUT2D eigenvalue weighted by atomic mass is 9.87. The number of primary amides is 1. The van der Waals surface area contributed by atoms with E-state index < -0.39 is 13.0 Å². The minimum absolute atomic E-state index is 0.0983. The van der Waals surface area contributed by atoms with Gasteiger partial charge in [-0.1, -0.05) is 0 Å². The zero-order chi connectivity index (χ0) is 8.43. The Balaban J connectivity index is 2.90. The van der Waals surface area contributed by atoms with Crippen molar-refractivity contribution in [3.63, 3.8) is 0 Å². The molecular weight excluding hydrogens is 149 g/mol. The highest BCUT2D eigenvalue weighted by Crippen LogP contribution is 1.96. The van der Waals surface area contributed by atoms with Crippen LogP contribution in [-0.2, 0) is 0 Å². The van der Waals surface area contributed by atoms with Crippen LogP contribution in [0.4, 0.5) is 0 Å². The van der Waals surface area contributed by atoms with E-state index in [-0.39, 0.29) is 11.2 Å². The van der Waals surface area contributed by atoms with Gasteiger partial charge in [0.15, 0.2) is 0 Å². The summed E-state index contributed by atoms with van der Waals surface area (Å²) in [7, 11) is -1.71. The van der Waals surface area contributed by atoms with E-state index in [2.05, 4.69) is 4.42 Å². The lowest BCUT2D eigenvalue weighted by molar-refractivity contribution is 0.0999. The molecule has 0 fully saturated rings. The van der Waals surface area contributed by atoms with Crippen molar-refractivity contribution in [1.29, 1.82) is 0 Å². The van der Waals surface area contributed by atoms with E-state index in [1.807, 2.05) is 0 Å². The average Bonchev–Trinajstić information content (AvgIpc) is 2.33. The predicted molar refractivity (Wildman–Crippen MR) is 37.1 cm³/mol. The number of carbonyl (C=O) groups excluding carboxylic acids is 1. The van der Waals surface area contributed by atoms with Gasteiger partial charge in [-0.15, -0.1) is 0 Å². The van der Waals surface area contributed by atoms with Gasteiger partial charge in [0.05, 0.1) is 5.56 Å². The number of carbonyl (C=O) groups is 1. The first-order valence-electron chi connectivity index (χ1n) is 2.85. The summed E-state index contributed by atoms with van der Waals surface area (Å²) in [5, 5.41) is 17.1. The van der Waals surface area contributed by atoms with Crippen LogP contribution in [0.1, 0.15) is 10.4 Å². The van der Waals surface area contributed by atoms with E-state index in [0.29, 0.717) is 0 Å². The molecule has 1 aromatic heterocycles. The molecule has 0 saturated carbocycles. The molecular formula is C5H6BNO4. The molecule has 1 heterocycles. The van der Waals surface area contributed by atoms with Crippen molar-refractivity contribution in [1.82, 2.24) is 0 Å². The van der Waals surface area contributed by atoms with Crippen molar-refractivity contribution in [2.75, 3.05) is 0 Å². The Kier molecular flexibility index (Phi) is 1.97. The molecule has 11 heavy (non-hydrogen) atoms. The monoisotopic (exact) mass is 155 g/mol. The lowest BCUT2D eigenvalue weighted by Gasteiger charge is -1.87. The van der Waals surface area contributed by atoms with Gasteiger partial charge >= 0.3 is 7.12 Å². The normalized spacial score (nSPS) is 9.64. The quantitative estimate of drug-likeness (QED) is 0.432. The van der Waals surface area contributed by atoms with Crippen LogP contribution in [0.25, 0.3) is 0 Å². The molecule has 0 aliphatic rings. The summed E-state index contributed by atoms with van der Waals surface area (Å²) in [5.74, 6) is -0.666. The van der Waals surface area contributed by atoms with Crippen molar-refractivity contribution in [2.24, 2.45) is 5.73 Å². The van der Waals surface area contributed by atoms with E-state index in [1.54, 1.807) is 0 Å². The SMILES string of the molecule is NC(=O)c1coc(B(O)O)c1. The summed E-state index contributed by atoms with van der Waals surface area (Å²) >= 11 is 0. The summed E-state index contributed by atoms with van der Waals surface area (Å²) in [6.45, 7) is 0. The third-order valence-electron chi connectivity index (χ3n) is 1.16. The molecule has 0 bridgehead atoms. The second-order valence-electron chi connectivity index (χ2n) is 1.98. The van der Waals surface area contributed by atoms with Gasteiger partial charge < -0.3 is 20.2 Å². The first-order chi connectivity index (χ1) is 5.11. The van der Waals surface area contributed by atoms with Crippen LogP contribution in [-0.4, -0.2) is 23.1 Å². The van der Waals surface area contributed by atoms with Crippen molar-refractivity contribution in [2.45, 2.75) is 0 Å². The Morgan fingerprint density at radius 1 is 1.64 bits per heavy atom. The summed E-state index contributed by atoms with van der Waals surface area (Å²) in [6.07, 6.45) is 1.07. The maximum absolute atomic E-state index is 10.4. The van der Waals surface area contributed by atoms with E-state index in [0.717, 1.165) is 6.26 Å². The van der Waals surface area contributed by atoms with Gasteiger partial charge in [-0.3, -0.25) is 4.79 Å². The van der Waals surface area contributed by atoms with Crippen molar-refractivity contribution >= 4 is 18.7 Å². The Morgan fingerprint density at radius 2 is 2.27 bits per heavy atom. The maximum Gasteiger partial charge on any atom is 0.526 e. The van der Waals surface area contributed by atoms with Crippen LogP contribution in [0, 0.1) is 0 Å². The number of hydrogen-bond donors (Lipinski definition) is 3. The molecule has 0 spiro atoms. The van der Waals surface area contributed by atoms with Crippen LogP contribution in [0.2, 0.25) is 0 Å². The fraction of sp³-hybridized carbons (Fsp3) is 0. The summed E-state index contributed by atoms with van der Waals surface area (Å²) in [4.78, 5) is 10.4. The number of rotatable bonds is 2. The highest BCUT2D eigenvalue weighted by molar-refractivity contribution is 6.57. The van der Waals surface area contributed by atoms with E-state index in [9.17, 15) is 4.79 Å². The Morgan fingerprint density at radius 3 is 2.55 bits per heavy atom. The molecule has 0 unspecified atom stereocenters. The predicted octanol–water partition coefficient (Wildman–Crippen LogP) is -1.94. The highest BCUT2D eigenvalue weighted by Gasteiger charge is 2.17. The zero-order valence-corrected chi connectivity index (χ0v) is 5.52. The largest absolute Gasteiger partial charge is 0.526 e.